The van der Waals surface area contributed by atoms with Gasteiger partial charge in [-0.15, -0.1) is 11.3 Å². The van der Waals surface area contributed by atoms with Gasteiger partial charge in [-0.3, -0.25) is 9.48 Å². The summed E-state index contributed by atoms with van der Waals surface area (Å²) in [7, 11) is -3.06. The molecule has 0 spiro atoms. The number of hydrogen-bond donors (Lipinski definition) is 0. The topological polar surface area (TPSA) is 88.4 Å². The van der Waals surface area contributed by atoms with Gasteiger partial charge in [0.2, 0.25) is 0 Å². The predicted molar refractivity (Wildman–Crippen MR) is 120 cm³/mol. The molecule has 5 rings (SSSR count). The molecule has 3 aromatic rings. The Morgan fingerprint density at radius 1 is 1.10 bits per heavy atom. The third-order valence-electron chi connectivity index (χ3n) is 5.82. The minimum Gasteiger partial charge on any atom is -0.353 e. The number of sulfone groups is 1. The van der Waals surface area contributed by atoms with E-state index in [1.54, 1.807) is 22.2 Å². The van der Waals surface area contributed by atoms with E-state index in [9.17, 15) is 13.2 Å². The lowest BCUT2D eigenvalue weighted by Gasteiger charge is -2.35. The van der Waals surface area contributed by atoms with E-state index in [0.29, 0.717) is 38.3 Å². The molecule has 31 heavy (non-hydrogen) atoms. The Morgan fingerprint density at radius 3 is 2.58 bits per heavy atom. The Kier molecular flexibility index (Phi) is 5.27. The van der Waals surface area contributed by atoms with E-state index in [1.165, 1.54) is 0 Å². The van der Waals surface area contributed by atoms with Crippen LogP contribution in [0.4, 0.5) is 5.82 Å². The second kappa shape index (κ2) is 8.08. The lowest BCUT2D eigenvalue weighted by molar-refractivity contribution is 0.0739. The van der Waals surface area contributed by atoms with E-state index in [0.717, 1.165) is 16.4 Å². The van der Waals surface area contributed by atoms with Crippen LogP contribution in [0.3, 0.4) is 0 Å². The van der Waals surface area contributed by atoms with Crippen LogP contribution in [0.2, 0.25) is 0 Å². The van der Waals surface area contributed by atoms with Gasteiger partial charge in [0, 0.05) is 32.4 Å². The summed E-state index contributed by atoms with van der Waals surface area (Å²) in [5, 5.41) is 6.58. The summed E-state index contributed by atoms with van der Waals surface area (Å²) in [6, 6.07) is 11.3. The maximum absolute atomic E-state index is 13.2. The van der Waals surface area contributed by atoms with Crippen LogP contribution in [-0.4, -0.2) is 71.7 Å². The first-order chi connectivity index (χ1) is 15.0. The van der Waals surface area contributed by atoms with Gasteiger partial charge >= 0.3 is 0 Å². The molecule has 8 nitrogen and oxygen atoms in total. The maximum atomic E-state index is 13.2. The lowest BCUT2D eigenvalue weighted by Crippen LogP contribution is -2.49. The van der Waals surface area contributed by atoms with Gasteiger partial charge in [0.25, 0.3) is 5.91 Å². The molecular formula is C21H23N5O3S2. The summed E-state index contributed by atoms with van der Waals surface area (Å²) in [6.45, 7) is 2.60. The highest BCUT2D eigenvalue weighted by Gasteiger charge is 2.33. The number of aromatic nitrogens is 3. The van der Waals surface area contributed by atoms with Crippen molar-refractivity contribution in [2.24, 2.45) is 0 Å². The van der Waals surface area contributed by atoms with Crippen molar-refractivity contribution in [3.63, 3.8) is 0 Å². The number of piperazine rings is 1. The number of carbonyl (C=O) groups is 1. The molecule has 0 aromatic carbocycles. The molecule has 2 aliphatic rings. The molecule has 0 unspecified atom stereocenters. The van der Waals surface area contributed by atoms with E-state index in [-0.39, 0.29) is 23.5 Å². The normalized spacial score (nSPS) is 20.8. The Hall–Kier alpha value is -2.72. The molecule has 2 aliphatic heterocycles. The van der Waals surface area contributed by atoms with Crippen LogP contribution in [0.1, 0.15) is 23.0 Å². The van der Waals surface area contributed by atoms with Gasteiger partial charge in [0.1, 0.15) is 5.82 Å². The molecule has 0 saturated carbocycles. The van der Waals surface area contributed by atoms with Crippen LogP contribution in [0.25, 0.3) is 10.6 Å². The molecule has 0 radical (unpaired) electrons. The zero-order valence-electron chi connectivity index (χ0n) is 16.9. The summed E-state index contributed by atoms with van der Waals surface area (Å²) in [5.41, 5.74) is 1.19. The smallest absolute Gasteiger partial charge is 0.274 e. The van der Waals surface area contributed by atoms with Gasteiger partial charge in [-0.1, -0.05) is 12.1 Å². The highest BCUT2D eigenvalue weighted by Crippen LogP contribution is 2.32. The molecule has 10 heteroatoms. The zero-order chi connectivity index (χ0) is 21.4. The van der Waals surface area contributed by atoms with Gasteiger partial charge < -0.3 is 9.80 Å². The van der Waals surface area contributed by atoms with Crippen molar-refractivity contribution in [1.82, 2.24) is 19.7 Å². The highest BCUT2D eigenvalue weighted by molar-refractivity contribution is 7.91. The summed E-state index contributed by atoms with van der Waals surface area (Å²) in [5.74, 6) is 1.04. The van der Waals surface area contributed by atoms with Gasteiger partial charge in [0.15, 0.2) is 15.5 Å². The molecule has 2 saturated heterocycles. The van der Waals surface area contributed by atoms with Gasteiger partial charge in [-0.05, 0) is 36.1 Å². The van der Waals surface area contributed by atoms with Crippen molar-refractivity contribution in [3.05, 3.63) is 53.7 Å². The number of nitrogens with zero attached hydrogens (tertiary/aromatic N) is 5. The standard InChI is InChI=1S/C21H23N5O3S2/c27-21(25-10-8-24(9-11-25)20-5-1-2-7-22-20)17-14-18(19-4-3-12-30-19)26(23-17)16-6-13-31(28,29)15-16/h1-5,7,12,14,16H,6,8-11,13,15H2/t16-/m0/s1. The largest absolute Gasteiger partial charge is 0.353 e. The number of amides is 1. The molecule has 0 bridgehead atoms. The number of rotatable bonds is 4. The number of thiophene rings is 1. The molecule has 0 N–H and O–H groups in total. The van der Waals surface area contributed by atoms with E-state index >= 15 is 0 Å². The second-order valence-electron chi connectivity index (χ2n) is 7.86. The quantitative estimate of drug-likeness (QED) is 0.598. The number of pyridine rings is 1. The zero-order valence-corrected chi connectivity index (χ0v) is 18.6. The van der Waals surface area contributed by atoms with Crippen LogP contribution in [0, 0.1) is 0 Å². The monoisotopic (exact) mass is 457 g/mol. The van der Waals surface area contributed by atoms with E-state index in [2.05, 4.69) is 15.0 Å². The highest BCUT2D eigenvalue weighted by atomic mass is 32.2. The average Bonchev–Trinajstić information content (AvgIpc) is 3.53. The first-order valence-electron chi connectivity index (χ1n) is 10.3. The minimum absolute atomic E-state index is 0.0729. The SMILES string of the molecule is O=C(c1cc(-c2cccs2)n([C@H]2CCS(=O)(=O)C2)n1)N1CCN(c2ccccn2)CC1. The molecular weight excluding hydrogens is 434 g/mol. The third kappa shape index (κ3) is 4.09. The molecule has 5 heterocycles. The van der Waals surface area contributed by atoms with Crippen molar-refractivity contribution in [2.45, 2.75) is 12.5 Å². The average molecular weight is 458 g/mol. The number of anilines is 1. The van der Waals surface area contributed by atoms with Crippen LogP contribution in [0.15, 0.2) is 48.0 Å². The maximum Gasteiger partial charge on any atom is 0.274 e. The fourth-order valence-electron chi connectivity index (χ4n) is 4.20. The summed E-state index contributed by atoms with van der Waals surface area (Å²) < 4.78 is 25.8. The Labute approximate surface area is 185 Å². The summed E-state index contributed by atoms with van der Waals surface area (Å²) in [6.07, 6.45) is 2.30. The fraction of sp³-hybridized carbons (Fsp3) is 0.381. The van der Waals surface area contributed by atoms with Crippen LogP contribution in [-0.2, 0) is 9.84 Å². The Morgan fingerprint density at radius 2 is 1.94 bits per heavy atom. The predicted octanol–water partition coefficient (Wildman–Crippen LogP) is 2.33. The van der Waals surface area contributed by atoms with Crippen molar-refractivity contribution in [2.75, 3.05) is 42.6 Å². The Bertz CT molecular complexity index is 1170. The van der Waals surface area contributed by atoms with Crippen molar-refractivity contribution < 1.29 is 13.2 Å². The van der Waals surface area contributed by atoms with Crippen LogP contribution >= 0.6 is 11.3 Å². The number of hydrogen-bond acceptors (Lipinski definition) is 7. The molecule has 1 atom stereocenters. The van der Waals surface area contributed by atoms with E-state index < -0.39 is 9.84 Å². The fourth-order valence-corrected chi connectivity index (χ4v) is 6.62. The van der Waals surface area contributed by atoms with Gasteiger partial charge in [-0.2, -0.15) is 5.10 Å². The number of carbonyl (C=O) groups excluding carboxylic acids is 1. The molecule has 2 fully saturated rings. The lowest BCUT2D eigenvalue weighted by atomic mass is 10.2. The van der Waals surface area contributed by atoms with Crippen molar-refractivity contribution in [3.8, 4) is 10.6 Å². The second-order valence-corrected chi connectivity index (χ2v) is 11.0. The molecule has 1 amide bonds. The molecule has 0 aliphatic carbocycles. The van der Waals surface area contributed by atoms with Gasteiger partial charge in [0.05, 0.1) is 28.1 Å². The summed E-state index contributed by atoms with van der Waals surface area (Å²) in [4.78, 5) is 22.6. The van der Waals surface area contributed by atoms with E-state index in [4.69, 9.17) is 0 Å². The minimum atomic E-state index is -3.06. The third-order valence-corrected chi connectivity index (χ3v) is 8.47. The van der Waals surface area contributed by atoms with Crippen LogP contribution < -0.4 is 4.90 Å². The molecule has 3 aromatic heterocycles. The van der Waals surface area contributed by atoms with Crippen LogP contribution in [0.5, 0.6) is 0 Å². The van der Waals surface area contributed by atoms with Crippen molar-refractivity contribution >= 4 is 32.9 Å². The van der Waals surface area contributed by atoms with Crippen molar-refractivity contribution in [1.29, 1.82) is 0 Å². The first kappa shape index (κ1) is 20.2. The first-order valence-corrected chi connectivity index (χ1v) is 13.0. The molecule has 162 valence electrons. The van der Waals surface area contributed by atoms with Gasteiger partial charge in [-0.25, -0.2) is 13.4 Å². The van der Waals surface area contributed by atoms with E-state index in [1.807, 2.05) is 46.7 Å². The summed E-state index contributed by atoms with van der Waals surface area (Å²) >= 11 is 1.56. The Balaban J connectivity index is 1.37.